The van der Waals surface area contributed by atoms with Crippen molar-refractivity contribution in [2.45, 2.75) is 25.3 Å². The summed E-state index contributed by atoms with van der Waals surface area (Å²) in [6, 6.07) is 14.5. The van der Waals surface area contributed by atoms with Crippen LogP contribution in [0.3, 0.4) is 0 Å². The summed E-state index contributed by atoms with van der Waals surface area (Å²) >= 11 is 0. The zero-order valence-corrected chi connectivity index (χ0v) is 17.4. The molecule has 0 aromatic heterocycles. The minimum absolute atomic E-state index is 0.0530. The number of nitrogens with zero attached hydrogens (tertiary/aromatic N) is 2. The van der Waals surface area contributed by atoms with Crippen molar-refractivity contribution < 1.29 is 23.8 Å². The lowest BCUT2D eigenvalue weighted by atomic mass is 9.76. The summed E-state index contributed by atoms with van der Waals surface area (Å²) < 4.78 is 18.5. The van der Waals surface area contributed by atoms with Crippen LogP contribution in [0.25, 0.3) is 0 Å². The lowest BCUT2D eigenvalue weighted by Gasteiger charge is -2.39. The third-order valence-corrected chi connectivity index (χ3v) is 6.46. The van der Waals surface area contributed by atoms with E-state index in [9.17, 15) is 19.1 Å². The van der Waals surface area contributed by atoms with E-state index in [-0.39, 0.29) is 42.3 Å². The van der Waals surface area contributed by atoms with Crippen LogP contribution in [-0.2, 0) is 4.79 Å². The van der Waals surface area contributed by atoms with Crippen LogP contribution in [0.5, 0.6) is 5.75 Å². The fraction of sp³-hybridized carbons (Fsp3) is 0.417. The van der Waals surface area contributed by atoms with E-state index in [1.54, 1.807) is 21.9 Å². The van der Waals surface area contributed by atoms with Crippen LogP contribution in [0.2, 0.25) is 0 Å². The molecule has 0 bridgehead atoms. The Morgan fingerprint density at radius 1 is 1.06 bits per heavy atom. The molecule has 7 heteroatoms. The van der Waals surface area contributed by atoms with Gasteiger partial charge in [0.25, 0.3) is 11.8 Å². The SMILES string of the molecule is O=C(COc1ccc(F)cc1)N1CCC2(CC1)C[C@H](CO)N(C(=O)c1ccccc1)C2. The third kappa shape index (κ3) is 4.71. The second kappa shape index (κ2) is 9.06. The van der Waals surface area contributed by atoms with Crippen LogP contribution in [0, 0.1) is 11.2 Å². The predicted molar refractivity (Wildman–Crippen MR) is 113 cm³/mol. The summed E-state index contributed by atoms with van der Waals surface area (Å²) in [5.74, 6) is -0.0479. The molecule has 2 fully saturated rings. The van der Waals surface area contributed by atoms with Gasteiger partial charge in [-0.3, -0.25) is 9.59 Å². The molecule has 2 aliphatic heterocycles. The molecule has 2 amide bonds. The fourth-order valence-corrected chi connectivity index (χ4v) is 4.67. The number of aliphatic hydroxyl groups is 1. The van der Waals surface area contributed by atoms with E-state index in [2.05, 4.69) is 0 Å². The maximum absolute atomic E-state index is 13.0. The van der Waals surface area contributed by atoms with E-state index in [4.69, 9.17) is 4.74 Å². The molecule has 1 spiro atoms. The van der Waals surface area contributed by atoms with Gasteiger partial charge in [-0.05, 0) is 61.1 Å². The molecular formula is C24H27FN2O4. The number of benzene rings is 2. The minimum Gasteiger partial charge on any atom is -0.484 e. The van der Waals surface area contributed by atoms with Gasteiger partial charge in [0, 0.05) is 25.2 Å². The largest absolute Gasteiger partial charge is 0.484 e. The molecule has 2 aromatic rings. The van der Waals surface area contributed by atoms with E-state index in [1.165, 1.54) is 24.3 Å². The number of carbonyl (C=O) groups is 2. The van der Waals surface area contributed by atoms with Crippen LogP contribution in [0.15, 0.2) is 54.6 Å². The van der Waals surface area contributed by atoms with E-state index < -0.39 is 0 Å². The van der Waals surface area contributed by atoms with Gasteiger partial charge >= 0.3 is 0 Å². The molecule has 6 nitrogen and oxygen atoms in total. The van der Waals surface area contributed by atoms with Gasteiger partial charge in [0.1, 0.15) is 11.6 Å². The van der Waals surface area contributed by atoms with Crippen molar-refractivity contribution in [3.63, 3.8) is 0 Å². The smallest absolute Gasteiger partial charge is 0.260 e. The number of carbonyl (C=O) groups excluding carboxylic acids is 2. The number of rotatable bonds is 5. The first-order valence-corrected chi connectivity index (χ1v) is 10.6. The number of likely N-dealkylation sites (tertiary alicyclic amines) is 2. The molecular weight excluding hydrogens is 399 g/mol. The highest BCUT2D eigenvalue weighted by Crippen LogP contribution is 2.43. The molecule has 2 heterocycles. The molecule has 0 saturated carbocycles. The molecule has 0 aliphatic carbocycles. The molecule has 0 unspecified atom stereocenters. The number of halogens is 1. The van der Waals surface area contributed by atoms with Crippen LogP contribution < -0.4 is 4.74 Å². The Hall–Kier alpha value is -2.93. The Bertz CT molecular complexity index is 911. The fourth-order valence-electron chi connectivity index (χ4n) is 4.67. The monoisotopic (exact) mass is 426 g/mol. The number of hydrogen-bond donors (Lipinski definition) is 1. The average Bonchev–Trinajstić information content (AvgIpc) is 3.17. The molecule has 1 atom stereocenters. The van der Waals surface area contributed by atoms with Gasteiger partial charge in [-0.15, -0.1) is 0 Å². The Morgan fingerprint density at radius 2 is 1.74 bits per heavy atom. The molecule has 31 heavy (non-hydrogen) atoms. The zero-order chi connectivity index (χ0) is 21.8. The number of ether oxygens (including phenoxy) is 1. The summed E-state index contributed by atoms with van der Waals surface area (Å²) in [7, 11) is 0. The van der Waals surface area contributed by atoms with Crippen molar-refractivity contribution in [1.29, 1.82) is 0 Å². The highest BCUT2D eigenvalue weighted by Gasteiger charge is 2.47. The van der Waals surface area contributed by atoms with Gasteiger partial charge in [-0.25, -0.2) is 4.39 Å². The highest BCUT2D eigenvalue weighted by atomic mass is 19.1. The molecule has 2 aliphatic rings. The van der Waals surface area contributed by atoms with Crippen molar-refractivity contribution >= 4 is 11.8 Å². The Labute approximate surface area is 181 Å². The Kier molecular flexibility index (Phi) is 6.23. The summed E-state index contributed by atoms with van der Waals surface area (Å²) in [6.07, 6.45) is 2.31. The molecule has 2 aromatic carbocycles. The average molecular weight is 426 g/mol. The predicted octanol–water partition coefficient (Wildman–Crippen LogP) is 2.72. The summed E-state index contributed by atoms with van der Waals surface area (Å²) in [4.78, 5) is 29.1. The Morgan fingerprint density at radius 3 is 2.39 bits per heavy atom. The second-order valence-corrected chi connectivity index (χ2v) is 8.46. The van der Waals surface area contributed by atoms with Crippen molar-refractivity contribution in [2.75, 3.05) is 32.8 Å². The molecule has 4 rings (SSSR count). The third-order valence-electron chi connectivity index (χ3n) is 6.46. The first-order chi connectivity index (χ1) is 15.0. The van der Waals surface area contributed by atoms with Gasteiger partial charge in [0.15, 0.2) is 6.61 Å². The van der Waals surface area contributed by atoms with Gasteiger partial charge < -0.3 is 19.6 Å². The number of piperidine rings is 1. The van der Waals surface area contributed by atoms with E-state index in [1.807, 2.05) is 18.2 Å². The van der Waals surface area contributed by atoms with Gasteiger partial charge in [-0.2, -0.15) is 0 Å². The first-order valence-electron chi connectivity index (χ1n) is 10.6. The summed E-state index contributed by atoms with van der Waals surface area (Å²) in [5, 5.41) is 9.88. The van der Waals surface area contributed by atoms with E-state index >= 15 is 0 Å². The standard InChI is InChI=1S/C24H27FN2O4/c25-19-6-8-21(9-7-19)31-16-22(29)26-12-10-24(11-13-26)14-20(15-28)27(17-24)23(30)18-4-2-1-3-5-18/h1-9,20,28H,10-17H2/t20-/m1/s1. The Balaban J connectivity index is 1.33. The quantitative estimate of drug-likeness (QED) is 0.798. The normalized spacial score (nSPS) is 20.1. The zero-order valence-electron chi connectivity index (χ0n) is 17.4. The molecule has 164 valence electrons. The van der Waals surface area contributed by atoms with Gasteiger partial charge in [-0.1, -0.05) is 18.2 Å². The van der Waals surface area contributed by atoms with Crippen molar-refractivity contribution in [3.05, 3.63) is 66.0 Å². The first kappa shape index (κ1) is 21.3. The van der Waals surface area contributed by atoms with E-state index in [0.29, 0.717) is 30.9 Å². The summed E-state index contributed by atoms with van der Waals surface area (Å²) in [5.41, 5.74) is 0.551. The van der Waals surface area contributed by atoms with Crippen LogP contribution in [0.4, 0.5) is 4.39 Å². The highest BCUT2D eigenvalue weighted by molar-refractivity contribution is 5.94. The van der Waals surface area contributed by atoms with E-state index in [0.717, 1.165) is 19.3 Å². The van der Waals surface area contributed by atoms with Crippen molar-refractivity contribution in [1.82, 2.24) is 9.80 Å². The molecule has 2 saturated heterocycles. The maximum atomic E-state index is 13.0. The van der Waals surface area contributed by atoms with Gasteiger partial charge in [0.2, 0.25) is 0 Å². The number of amides is 2. The topological polar surface area (TPSA) is 70.1 Å². The lowest BCUT2D eigenvalue weighted by molar-refractivity contribution is -0.135. The van der Waals surface area contributed by atoms with Crippen LogP contribution in [-0.4, -0.2) is 65.6 Å². The minimum atomic E-state index is -0.349. The van der Waals surface area contributed by atoms with Gasteiger partial charge in [0.05, 0.1) is 12.6 Å². The maximum Gasteiger partial charge on any atom is 0.260 e. The molecule has 1 N–H and O–H groups in total. The number of hydrogen-bond acceptors (Lipinski definition) is 4. The van der Waals surface area contributed by atoms with Crippen molar-refractivity contribution in [2.24, 2.45) is 5.41 Å². The van der Waals surface area contributed by atoms with Crippen LogP contribution >= 0.6 is 0 Å². The lowest BCUT2D eigenvalue weighted by Crippen LogP contribution is -2.46. The second-order valence-electron chi connectivity index (χ2n) is 8.46. The summed E-state index contributed by atoms with van der Waals surface area (Å²) in [6.45, 7) is 1.64. The number of aliphatic hydroxyl groups excluding tert-OH is 1. The molecule has 0 radical (unpaired) electrons. The van der Waals surface area contributed by atoms with Crippen LogP contribution in [0.1, 0.15) is 29.6 Å². The van der Waals surface area contributed by atoms with Crippen molar-refractivity contribution in [3.8, 4) is 5.75 Å².